The van der Waals surface area contributed by atoms with Gasteiger partial charge in [-0.15, -0.1) is 0 Å². The van der Waals surface area contributed by atoms with Gasteiger partial charge in [-0.1, -0.05) is 35.0 Å². The zero-order valence-corrected chi connectivity index (χ0v) is 17.7. The van der Waals surface area contributed by atoms with E-state index in [1.807, 2.05) is 31.2 Å². The van der Waals surface area contributed by atoms with E-state index in [2.05, 4.69) is 26.2 Å². The van der Waals surface area contributed by atoms with Crippen molar-refractivity contribution < 1.29 is 9.18 Å². The highest BCUT2D eigenvalue weighted by Gasteiger charge is 2.18. The molecule has 2 aromatic carbocycles. The first-order valence-corrected chi connectivity index (χ1v) is 10.2. The molecule has 0 bridgehead atoms. The zero-order valence-electron chi connectivity index (χ0n) is 16.1. The number of nitrogens with one attached hydrogen (secondary N) is 1. The van der Waals surface area contributed by atoms with Crippen LogP contribution in [0.2, 0.25) is 0 Å². The van der Waals surface area contributed by atoms with Crippen molar-refractivity contribution in [1.82, 2.24) is 14.3 Å². The van der Waals surface area contributed by atoms with Crippen molar-refractivity contribution in [3.8, 4) is 5.69 Å². The van der Waals surface area contributed by atoms with E-state index in [0.717, 1.165) is 12.0 Å². The Hall–Kier alpha value is -3.26. The fourth-order valence-corrected chi connectivity index (χ4v) is 3.61. The minimum absolute atomic E-state index is 0.0637. The Morgan fingerprint density at radius 1 is 1.17 bits per heavy atom. The van der Waals surface area contributed by atoms with Crippen LogP contribution in [0.15, 0.2) is 70.1 Å². The largest absolute Gasteiger partial charge is 0.322 e. The Morgan fingerprint density at radius 3 is 2.63 bits per heavy atom. The fourth-order valence-electron chi connectivity index (χ4n) is 3.28. The quantitative estimate of drug-likeness (QED) is 0.474. The Morgan fingerprint density at radius 2 is 1.93 bits per heavy atom. The first-order chi connectivity index (χ1) is 14.5. The number of amides is 1. The van der Waals surface area contributed by atoms with Crippen LogP contribution < -0.4 is 10.9 Å². The summed E-state index contributed by atoms with van der Waals surface area (Å²) < 4.78 is 17.6. The highest BCUT2D eigenvalue weighted by atomic mass is 79.9. The average molecular weight is 469 g/mol. The van der Waals surface area contributed by atoms with Gasteiger partial charge in [0.2, 0.25) is 5.91 Å². The number of aryl methyl sites for hydroxylation is 1. The van der Waals surface area contributed by atoms with E-state index in [-0.39, 0.29) is 17.8 Å². The lowest BCUT2D eigenvalue weighted by Crippen LogP contribution is -2.27. The summed E-state index contributed by atoms with van der Waals surface area (Å²) in [5, 5.41) is 2.96. The molecule has 1 N–H and O–H groups in total. The minimum atomic E-state index is -0.555. The first kappa shape index (κ1) is 20.0. The van der Waals surface area contributed by atoms with Gasteiger partial charge in [0.1, 0.15) is 12.4 Å². The number of hydrogen-bond donors (Lipinski definition) is 1. The molecule has 1 amide bonds. The summed E-state index contributed by atoms with van der Waals surface area (Å²) in [5.74, 6) is -1.03. The molecule has 0 fully saturated rings. The van der Waals surface area contributed by atoms with Gasteiger partial charge in [0, 0.05) is 10.7 Å². The van der Waals surface area contributed by atoms with Crippen molar-refractivity contribution in [2.45, 2.75) is 19.9 Å². The Labute approximate surface area is 180 Å². The Bertz CT molecular complexity index is 1290. The second-order valence-electron chi connectivity index (χ2n) is 6.74. The predicted molar refractivity (Wildman–Crippen MR) is 117 cm³/mol. The van der Waals surface area contributed by atoms with E-state index in [1.165, 1.54) is 21.5 Å². The van der Waals surface area contributed by atoms with Crippen molar-refractivity contribution in [3.05, 3.63) is 87.0 Å². The van der Waals surface area contributed by atoms with Crippen LogP contribution in [0.1, 0.15) is 12.5 Å². The summed E-state index contributed by atoms with van der Waals surface area (Å²) in [6.45, 7) is 1.84. The Balaban J connectivity index is 1.75. The van der Waals surface area contributed by atoms with Gasteiger partial charge in [-0.05, 0) is 54.4 Å². The average Bonchev–Trinajstić information content (AvgIpc) is 3.02. The number of rotatable bonds is 5. The third kappa shape index (κ3) is 3.78. The normalized spacial score (nSPS) is 11.0. The molecular weight excluding hydrogens is 451 g/mol. The van der Waals surface area contributed by atoms with Crippen LogP contribution in [0.5, 0.6) is 0 Å². The summed E-state index contributed by atoms with van der Waals surface area (Å²) in [6, 6.07) is 15.3. The third-order valence-corrected chi connectivity index (χ3v) is 5.28. The van der Waals surface area contributed by atoms with Crippen molar-refractivity contribution in [3.63, 3.8) is 0 Å². The van der Waals surface area contributed by atoms with Crippen molar-refractivity contribution >= 4 is 38.6 Å². The number of pyridine rings is 1. The van der Waals surface area contributed by atoms with Crippen LogP contribution in [0.3, 0.4) is 0 Å². The zero-order chi connectivity index (χ0) is 21.3. The number of benzene rings is 2. The molecule has 0 spiro atoms. The van der Waals surface area contributed by atoms with E-state index in [1.54, 1.807) is 24.4 Å². The lowest BCUT2D eigenvalue weighted by atomic mass is 10.1. The molecule has 0 aliphatic heterocycles. The summed E-state index contributed by atoms with van der Waals surface area (Å²) in [5.41, 5.74) is 1.93. The highest BCUT2D eigenvalue weighted by Crippen LogP contribution is 2.20. The molecule has 4 rings (SSSR count). The molecule has 0 atom stereocenters. The number of halogens is 2. The van der Waals surface area contributed by atoms with Crippen molar-refractivity contribution in [2.75, 3.05) is 5.32 Å². The second-order valence-corrected chi connectivity index (χ2v) is 7.66. The molecule has 0 saturated carbocycles. The molecular formula is C22H18BrFN4O2. The van der Waals surface area contributed by atoms with Crippen LogP contribution in [-0.4, -0.2) is 20.3 Å². The van der Waals surface area contributed by atoms with Crippen molar-refractivity contribution in [1.29, 1.82) is 0 Å². The van der Waals surface area contributed by atoms with Crippen LogP contribution in [0.4, 0.5) is 10.1 Å². The standard InChI is InChI=1S/C22H18BrFN4O2/c1-2-14-5-8-16(9-6-14)28-22(30)17-4-3-11-25-21(17)27(28)13-20(29)26-19-10-7-15(23)12-18(19)24/h3-12H,2,13H2,1H3,(H,26,29). The van der Waals surface area contributed by atoms with Gasteiger partial charge in [-0.3, -0.25) is 14.3 Å². The SMILES string of the molecule is CCc1ccc(-n2c(=O)c3cccnc3n2CC(=O)Nc2ccc(Br)cc2F)cc1. The maximum absolute atomic E-state index is 14.1. The van der Waals surface area contributed by atoms with E-state index in [0.29, 0.717) is 21.2 Å². The highest BCUT2D eigenvalue weighted by molar-refractivity contribution is 9.10. The number of nitrogens with zero attached hydrogens (tertiary/aromatic N) is 3. The molecule has 6 nitrogen and oxygen atoms in total. The molecule has 2 heterocycles. The lowest BCUT2D eigenvalue weighted by molar-refractivity contribution is -0.117. The Kier molecular flexibility index (Phi) is 5.50. The molecule has 8 heteroatoms. The molecule has 0 radical (unpaired) electrons. The number of hydrogen-bond acceptors (Lipinski definition) is 3. The molecule has 0 saturated heterocycles. The minimum Gasteiger partial charge on any atom is -0.322 e. The molecule has 2 aromatic heterocycles. The van der Waals surface area contributed by atoms with Gasteiger partial charge in [0.15, 0.2) is 5.65 Å². The van der Waals surface area contributed by atoms with E-state index in [9.17, 15) is 14.0 Å². The molecule has 30 heavy (non-hydrogen) atoms. The predicted octanol–water partition coefficient (Wildman–Crippen LogP) is 4.29. The molecule has 0 unspecified atom stereocenters. The smallest absolute Gasteiger partial charge is 0.280 e. The van der Waals surface area contributed by atoms with E-state index < -0.39 is 11.7 Å². The van der Waals surface area contributed by atoms with Gasteiger partial charge in [-0.2, -0.15) is 0 Å². The monoisotopic (exact) mass is 468 g/mol. The van der Waals surface area contributed by atoms with Gasteiger partial charge in [0.05, 0.1) is 16.8 Å². The number of carbonyl (C=O) groups is 1. The molecule has 0 aliphatic carbocycles. The summed E-state index contributed by atoms with van der Waals surface area (Å²) >= 11 is 3.19. The van der Waals surface area contributed by atoms with Crippen LogP contribution in [0.25, 0.3) is 16.7 Å². The second kappa shape index (κ2) is 8.23. The van der Waals surface area contributed by atoms with Gasteiger partial charge in [-0.25, -0.2) is 14.1 Å². The fraction of sp³-hybridized carbons (Fsp3) is 0.136. The van der Waals surface area contributed by atoms with Gasteiger partial charge in [0.25, 0.3) is 5.56 Å². The topological polar surface area (TPSA) is 68.9 Å². The number of carbonyl (C=O) groups excluding carboxylic acids is 1. The van der Waals surface area contributed by atoms with Gasteiger partial charge >= 0.3 is 0 Å². The van der Waals surface area contributed by atoms with E-state index >= 15 is 0 Å². The maximum Gasteiger partial charge on any atom is 0.280 e. The number of aromatic nitrogens is 3. The lowest BCUT2D eigenvalue weighted by Gasteiger charge is -2.13. The third-order valence-electron chi connectivity index (χ3n) is 4.78. The van der Waals surface area contributed by atoms with Crippen LogP contribution in [-0.2, 0) is 17.8 Å². The molecule has 152 valence electrons. The van der Waals surface area contributed by atoms with Gasteiger partial charge < -0.3 is 5.32 Å². The summed E-state index contributed by atoms with van der Waals surface area (Å²) in [6.07, 6.45) is 2.44. The summed E-state index contributed by atoms with van der Waals surface area (Å²) in [7, 11) is 0. The summed E-state index contributed by atoms with van der Waals surface area (Å²) in [4.78, 5) is 30.0. The van der Waals surface area contributed by atoms with Crippen molar-refractivity contribution in [2.24, 2.45) is 0 Å². The number of fused-ring (bicyclic) bond motifs is 1. The first-order valence-electron chi connectivity index (χ1n) is 9.38. The number of anilines is 1. The van der Waals surface area contributed by atoms with Crippen LogP contribution >= 0.6 is 15.9 Å². The molecule has 0 aliphatic rings. The van der Waals surface area contributed by atoms with Crippen LogP contribution in [0, 0.1) is 5.82 Å². The maximum atomic E-state index is 14.1. The van der Waals surface area contributed by atoms with E-state index in [4.69, 9.17) is 0 Å². The molecule has 4 aromatic rings.